The van der Waals surface area contributed by atoms with Gasteiger partial charge in [0.2, 0.25) is 4.96 Å². The third kappa shape index (κ3) is 2.02. The monoisotopic (exact) mass is 267 g/mol. The molecule has 3 rings (SSSR count). The molecule has 0 spiro atoms. The van der Waals surface area contributed by atoms with Crippen molar-refractivity contribution in [2.45, 2.75) is 32.2 Å². The van der Waals surface area contributed by atoms with Gasteiger partial charge in [-0.2, -0.15) is 9.61 Å². The minimum Gasteiger partial charge on any atom is -0.379 e. The summed E-state index contributed by atoms with van der Waals surface area (Å²) in [6.45, 7) is 6.62. The van der Waals surface area contributed by atoms with E-state index in [1.807, 2.05) is 11.4 Å². The van der Waals surface area contributed by atoms with Gasteiger partial charge in [-0.15, -0.1) is 10.2 Å². The molecule has 2 unspecified atom stereocenters. The van der Waals surface area contributed by atoms with Crippen LogP contribution in [0.3, 0.4) is 0 Å². The van der Waals surface area contributed by atoms with Crippen LogP contribution in [0.2, 0.25) is 0 Å². The van der Waals surface area contributed by atoms with E-state index in [1.165, 1.54) is 0 Å². The molecule has 18 heavy (non-hydrogen) atoms. The molecule has 1 fully saturated rings. The summed E-state index contributed by atoms with van der Waals surface area (Å²) in [7, 11) is 0. The van der Waals surface area contributed by atoms with Gasteiger partial charge >= 0.3 is 0 Å². The quantitative estimate of drug-likeness (QED) is 0.894. The van der Waals surface area contributed by atoms with Gasteiger partial charge in [0.05, 0.1) is 19.1 Å². The molecular formula is C11H17N5OS. The molecule has 0 saturated carbocycles. The Bertz CT molecular complexity index is 537. The van der Waals surface area contributed by atoms with Gasteiger partial charge in [0.1, 0.15) is 5.01 Å². The van der Waals surface area contributed by atoms with E-state index in [4.69, 9.17) is 4.74 Å². The topological polar surface area (TPSA) is 64.3 Å². The minimum atomic E-state index is 0.336. The average molecular weight is 267 g/mol. The Balaban J connectivity index is 1.83. The van der Waals surface area contributed by atoms with Gasteiger partial charge < -0.3 is 10.1 Å². The highest BCUT2D eigenvalue weighted by Gasteiger charge is 2.32. The molecule has 2 aromatic heterocycles. The number of aryl methyl sites for hydroxylation is 1. The van der Waals surface area contributed by atoms with Crippen LogP contribution in [0.15, 0.2) is 0 Å². The number of hydrogen-bond donors (Lipinski definition) is 1. The van der Waals surface area contributed by atoms with Gasteiger partial charge in [-0.3, -0.25) is 0 Å². The standard InChI is InChI=1S/C11H17N5OS/c1-3-4-12-9-6-17-5-8(9)10-15-16-7(2)13-14-11(16)18-10/h8-9,12H,3-6H2,1-2H3. The van der Waals surface area contributed by atoms with Crippen molar-refractivity contribution in [2.24, 2.45) is 0 Å². The van der Waals surface area contributed by atoms with E-state index in [0.29, 0.717) is 12.0 Å². The van der Waals surface area contributed by atoms with E-state index in [-0.39, 0.29) is 0 Å². The normalized spacial score (nSPS) is 24.1. The lowest BCUT2D eigenvalue weighted by atomic mass is 10.1. The van der Waals surface area contributed by atoms with E-state index in [2.05, 4.69) is 27.5 Å². The van der Waals surface area contributed by atoms with Crippen molar-refractivity contribution in [2.75, 3.05) is 19.8 Å². The lowest BCUT2D eigenvalue weighted by Gasteiger charge is -2.15. The van der Waals surface area contributed by atoms with Gasteiger partial charge in [-0.25, -0.2) is 0 Å². The maximum absolute atomic E-state index is 5.58. The Hall–Kier alpha value is -1.05. The number of aromatic nitrogens is 4. The molecule has 0 aromatic carbocycles. The molecule has 0 bridgehead atoms. The first-order valence-corrected chi connectivity index (χ1v) is 7.11. The summed E-state index contributed by atoms with van der Waals surface area (Å²) in [5, 5.41) is 17.3. The number of nitrogens with one attached hydrogen (secondary N) is 1. The van der Waals surface area contributed by atoms with Crippen LogP contribution in [0.4, 0.5) is 0 Å². The summed E-state index contributed by atoms with van der Waals surface area (Å²) >= 11 is 1.61. The van der Waals surface area contributed by atoms with Crippen molar-refractivity contribution in [1.29, 1.82) is 0 Å². The first-order chi connectivity index (χ1) is 8.79. The van der Waals surface area contributed by atoms with E-state index >= 15 is 0 Å². The lowest BCUT2D eigenvalue weighted by molar-refractivity contribution is 0.187. The molecule has 1 aliphatic heterocycles. The van der Waals surface area contributed by atoms with Crippen LogP contribution >= 0.6 is 11.3 Å². The second-order valence-corrected chi connectivity index (χ2v) is 5.57. The van der Waals surface area contributed by atoms with E-state index in [1.54, 1.807) is 11.3 Å². The zero-order chi connectivity index (χ0) is 12.5. The number of ether oxygens (including phenoxy) is 1. The van der Waals surface area contributed by atoms with Crippen molar-refractivity contribution < 1.29 is 4.74 Å². The second-order valence-electron chi connectivity index (χ2n) is 4.59. The molecular weight excluding hydrogens is 250 g/mol. The maximum Gasteiger partial charge on any atom is 0.234 e. The van der Waals surface area contributed by atoms with Crippen molar-refractivity contribution in [3.05, 3.63) is 10.8 Å². The molecule has 1 N–H and O–H groups in total. The molecule has 6 nitrogen and oxygen atoms in total. The molecule has 2 atom stereocenters. The molecule has 2 aromatic rings. The second kappa shape index (κ2) is 4.91. The number of rotatable bonds is 4. The van der Waals surface area contributed by atoms with Gasteiger partial charge in [-0.05, 0) is 19.9 Å². The Kier molecular flexibility index (Phi) is 3.27. The molecule has 0 amide bonds. The Morgan fingerprint density at radius 3 is 3.11 bits per heavy atom. The molecule has 0 aliphatic carbocycles. The van der Waals surface area contributed by atoms with Gasteiger partial charge in [0.25, 0.3) is 0 Å². The van der Waals surface area contributed by atoms with Crippen LogP contribution in [-0.4, -0.2) is 45.6 Å². The van der Waals surface area contributed by atoms with Crippen molar-refractivity contribution in [1.82, 2.24) is 25.1 Å². The zero-order valence-electron chi connectivity index (χ0n) is 10.6. The Morgan fingerprint density at radius 2 is 2.33 bits per heavy atom. The first-order valence-electron chi connectivity index (χ1n) is 6.29. The van der Waals surface area contributed by atoms with E-state index in [9.17, 15) is 0 Å². The van der Waals surface area contributed by atoms with Crippen molar-refractivity contribution >= 4 is 16.3 Å². The number of fused-ring (bicyclic) bond motifs is 1. The summed E-state index contributed by atoms with van der Waals surface area (Å²) in [6, 6.07) is 0.370. The lowest BCUT2D eigenvalue weighted by Crippen LogP contribution is -2.34. The molecule has 7 heteroatoms. The highest BCUT2D eigenvalue weighted by molar-refractivity contribution is 7.16. The molecule has 3 heterocycles. The molecule has 0 radical (unpaired) electrons. The fraction of sp³-hybridized carbons (Fsp3) is 0.727. The van der Waals surface area contributed by atoms with Gasteiger partial charge in [0, 0.05) is 6.04 Å². The van der Waals surface area contributed by atoms with Crippen LogP contribution in [0.25, 0.3) is 4.96 Å². The molecule has 1 aliphatic rings. The number of hydrogen-bond acceptors (Lipinski definition) is 6. The third-order valence-electron chi connectivity index (χ3n) is 3.22. The van der Waals surface area contributed by atoms with Crippen LogP contribution in [-0.2, 0) is 4.74 Å². The highest BCUT2D eigenvalue weighted by Crippen LogP contribution is 2.29. The average Bonchev–Trinajstić information content (AvgIpc) is 3.04. The minimum absolute atomic E-state index is 0.336. The molecule has 1 saturated heterocycles. The Morgan fingerprint density at radius 1 is 1.44 bits per heavy atom. The van der Waals surface area contributed by atoms with Crippen LogP contribution in [0.1, 0.15) is 30.1 Å². The third-order valence-corrected chi connectivity index (χ3v) is 4.25. The zero-order valence-corrected chi connectivity index (χ0v) is 11.4. The van der Waals surface area contributed by atoms with E-state index in [0.717, 1.165) is 42.0 Å². The summed E-state index contributed by atoms with van der Waals surface area (Å²) in [5.74, 6) is 1.17. The van der Waals surface area contributed by atoms with Gasteiger partial charge in [-0.1, -0.05) is 18.3 Å². The van der Waals surface area contributed by atoms with Crippen molar-refractivity contribution in [3.63, 3.8) is 0 Å². The predicted octanol–water partition coefficient (Wildman–Crippen LogP) is 0.976. The summed E-state index contributed by atoms with van der Waals surface area (Å²) < 4.78 is 7.40. The summed E-state index contributed by atoms with van der Waals surface area (Å²) in [4.78, 5) is 0.864. The SMILES string of the molecule is CCCNC1COCC1c1nn2c(C)nnc2s1. The van der Waals surface area contributed by atoms with Gasteiger partial charge in [0.15, 0.2) is 5.82 Å². The highest BCUT2D eigenvalue weighted by atomic mass is 32.1. The maximum atomic E-state index is 5.58. The van der Waals surface area contributed by atoms with Crippen LogP contribution < -0.4 is 5.32 Å². The smallest absolute Gasteiger partial charge is 0.234 e. The fourth-order valence-corrected chi connectivity index (χ4v) is 3.24. The largest absolute Gasteiger partial charge is 0.379 e. The summed E-state index contributed by atoms with van der Waals surface area (Å²) in [5.41, 5.74) is 0. The van der Waals surface area contributed by atoms with E-state index < -0.39 is 0 Å². The van der Waals surface area contributed by atoms with Crippen molar-refractivity contribution in [3.8, 4) is 0 Å². The summed E-state index contributed by atoms with van der Waals surface area (Å²) in [6.07, 6.45) is 1.13. The number of nitrogens with zero attached hydrogens (tertiary/aromatic N) is 4. The predicted molar refractivity (Wildman–Crippen MR) is 69.0 cm³/mol. The van der Waals surface area contributed by atoms with Crippen LogP contribution in [0.5, 0.6) is 0 Å². The Labute approximate surface area is 109 Å². The van der Waals surface area contributed by atoms with Crippen LogP contribution in [0, 0.1) is 6.92 Å². The first kappa shape index (κ1) is 12.0. The fourth-order valence-electron chi connectivity index (χ4n) is 2.21. The molecule has 98 valence electrons.